The van der Waals surface area contributed by atoms with Crippen molar-refractivity contribution < 1.29 is 8.78 Å². The minimum Gasteiger partial charge on any atom is -0.368 e. The van der Waals surface area contributed by atoms with Gasteiger partial charge in [-0.2, -0.15) is 0 Å². The van der Waals surface area contributed by atoms with Crippen LogP contribution in [0, 0.1) is 18.6 Å². The van der Waals surface area contributed by atoms with Crippen molar-refractivity contribution in [1.29, 1.82) is 0 Å². The number of nitrogens with one attached hydrogen (secondary N) is 2. The molecule has 0 spiro atoms. The van der Waals surface area contributed by atoms with Gasteiger partial charge < -0.3 is 16.0 Å². The summed E-state index contributed by atoms with van der Waals surface area (Å²) >= 11 is 0. The van der Waals surface area contributed by atoms with Gasteiger partial charge in [0.05, 0.1) is 11.1 Å². The summed E-state index contributed by atoms with van der Waals surface area (Å²) in [6.45, 7) is 1.66. The smallest absolute Gasteiger partial charge is 0.220 e. The molecular formula is C18H15F2N7. The Morgan fingerprint density at radius 3 is 2.63 bits per heavy atom. The molecule has 0 unspecified atom stereocenters. The topological polar surface area (TPSA) is 105 Å². The zero-order chi connectivity index (χ0) is 19.0. The lowest BCUT2D eigenvalue weighted by molar-refractivity contribution is 0.560. The number of fused-ring (bicyclic) bond motifs is 1. The van der Waals surface area contributed by atoms with Crippen molar-refractivity contribution >= 4 is 22.8 Å². The molecule has 9 heteroatoms. The number of hydrogen-bond acceptors (Lipinski definition) is 6. The number of aromatic nitrogens is 5. The zero-order valence-electron chi connectivity index (χ0n) is 14.3. The molecule has 0 aliphatic rings. The fourth-order valence-electron chi connectivity index (χ4n) is 2.87. The quantitative estimate of drug-likeness (QED) is 0.512. The second-order valence-corrected chi connectivity index (χ2v) is 5.90. The van der Waals surface area contributed by atoms with Gasteiger partial charge in [0.2, 0.25) is 5.95 Å². The van der Waals surface area contributed by atoms with Crippen LogP contribution in [0.25, 0.3) is 22.3 Å². The minimum absolute atomic E-state index is 0.0646. The standard InChI is InChI=1S/C18H15F2N7/c1-9-25-16(23-7-10-12(19)3-2-4-13(10)20)15-11(8-24-17(15)26-9)14-5-6-22-18(21)27-14/h2-6,8H,7H2,1H3,(H2,21,22,27)(H2,23,24,25,26). The first-order chi connectivity index (χ1) is 13.0. The van der Waals surface area contributed by atoms with Gasteiger partial charge in [-0.1, -0.05) is 6.07 Å². The van der Waals surface area contributed by atoms with Crippen molar-refractivity contribution in [3.8, 4) is 11.3 Å². The van der Waals surface area contributed by atoms with E-state index >= 15 is 0 Å². The molecule has 7 nitrogen and oxygen atoms in total. The molecule has 0 aliphatic heterocycles. The van der Waals surface area contributed by atoms with Crippen molar-refractivity contribution in [2.24, 2.45) is 0 Å². The number of hydrogen-bond donors (Lipinski definition) is 3. The molecular weight excluding hydrogens is 352 g/mol. The van der Waals surface area contributed by atoms with Gasteiger partial charge in [-0.3, -0.25) is 0 Å². The molecule has 4 aromatic rings. The molecule has 0 saturated heterocycles. The lowest BCUT2D eigenvalue weighted by Gasteiger charge is -2.10. The molecule has 0 fully saturated rings. The largest absolute Gasteiger partial charge is 0.368 e. The number of rotatable bonds is 4. The van der Waals surface area contributed by atoms with Crippen LogP contribution in [0.3, 0.4) is 0 Å². The molecule has 0 amide bonds. The predicted octanol–water partition coefficient (Wildman–Crippen LogP) is 3.20. The fraction of sp³-hybridized carbons (Fsp3) is 0.111. The molecule has 4 rings (SSSR count). The van der Waals surface area contributed by atoms with Gasteiger partial charge in [-0.05, 0) is 25.1 Å². The van der Waals surface area contributed by atoms with Crippen molar-refractivity contribution in [3.05, 3.63) is 59.7 Å². The second kappa shape index (κ2) is 6.60. The Hall–Kier alpha value is -3.62. The van der Waals surface area contributed by atoms with E-state index in [9.17, 15) is 8.78 Å². The number of nitrogen functional groups attached to an aromatic ring is 1. The van der Waals surface area contributed by atoms with Crippen LogP contribution in [0.1, 0.15) is 11.4 Å². The Labute approximate surface area is 152 Å². The summed E-state index contributed by atoms with van der Waals surface area (Å²) < 4.78 is 27.9. The number of halogens is 2. The molecule has 3 heterocycles. The van der Waals surface area contributed by atoms with Gasteiger partial charge in [0.1, 0.15) is 28.9 Å². The van der Waals surface area contributed by atoms with E-state index in [-0.39, 0.29) is 18.1 Å². The Kier molecular flexibility index (Phi) is 4.11. The number of aryl methyl sites for hydroxylation is 1. The first-order valence-corrected chi connectivity index (χ1v) is 8.14. The highest BCUT2D eigenvalue weighted by molar-refractivity contribution is 6.00. The highest BCUT2D eigenvalue weighted by Crippen LogP contribution is 2.31. The zero-order valence-corrected chi connectivity index (χ0v) is 14.3. The van der Waals surface area contributed by atoms with Crippen LogP contribution < -0.4 is 11.1 Å². The third-order valence-corrected chi connectivity index (χ3v) is 4.09. The Bertz CT molecular complexity index is 1120. The number of benzene rings is 1. The second-order valence-electron chi connectivity index (χ2n) is 5.90. The van der Waals surface area contributed by atoms with Crippen LogP contribution >= 0.6 is 0 Å². The molecule has 0 bridgehead atoms. The van der Waals surface area contributed by atoms with Crippen LogP contribution in [-0.2, 0) is 6.54 Å². The SMILES string of the molecule is Cc1nc(NCc2c(F)cccc2F)c2c(-c3ccnc(N)n3)c[nH]c2n1. The van der Waals surface area contributed by atoms with E-state index < -0.39 is 11.6 Å². The van der Waals surface area contributed by atoms with Gasteiger partial charge in [0.15, 0.2) is 0 Å². The van der Waals surface area contributed by atoms with Crippen LogP contribution in [0.5, 0.6) is 0 Å². The lowest BCUT2D eigenvalue weighted by atomic mass is 10.1. The van der Waals surface area contributed by atoms with Crippen LogP contribution in [0.15, 0.2) is 36.7 Å². The maximum absolute atomic E-state index is 13.9. The first kappa shape index (κ1) is 16.8. The third-order valence-electron chi connectivity index (χ3n) is 4.09. The van der Waals surface area contributed by atoms with Crippen LogP contribution in [0.4, 0.5) is 20.5 Å². The molecule has 27 heavy (non-hydrogen) atoms. The lowest BCUT2D eigenvalue weighted by Crippen LogP contribution is -2.07. The monoisotopic (exact) mass is 367 g/mol. The van der Waals surface area contributed by atoms with E-state index in [1.165, 1.54) is 18.2 Å². The number of nitrogens with zero attached hydrogens (tertiary/aromatic N) is 4. The van der Waals surface area contributed by atoms with Crippen LogP contribution in [-0.4, -0.2) is 24.9 Å². The summed E-state index contributed by atoms with van der Waals surface area (Å²) in [6.07, 6.45) is 3.28. The van der Waals surface area contributed by atoms with Crippen molar-refractivity contribution in [1.82, 2.24) is 24.9 Å². The molecule has 136 valence electrons. The van der Waals surface area contributed by atoms with Gasteiger partial charge in [-0.15, -0.1) is 0 Å². The van der Waals surface area contributed by atoms with E-state index in [4.69, 9.17) is 5.73 Å². The van der Waals surface area contributed by atoms with Gasteiger partial charge >= 0.3 is 0 Å². The maximum Gasteiger partial charge on any atom is 0.220 e. The predicted molar refractivity (Wildman–Crippen MR) is 97.7 cm³/mol. The first-order valence-electron chi connectivity index (χ1n) is 8.14. The van der Waals surface area contributed by atoms with E-state index in [0.717, 1.165) is 0 Å². The fourth-order valence-corrected chi connectivity index (χ4v) is 2.87. The third kappa shape index (κ3) is 3.14. The Morgan fingerprint density at radius 1 is 1.11 bits per heavy atom. The minimum atomic E-state index is -0.623. The molecule has 0 radical (unpaired) electrons. The van der Waals surface area contributed by atoms with Gasteiger partial charge in [0, 0.05) is 30.1 Å². The van der Waals surface area contributed by atoms with Crippen molar-refractivity contribution in [2.45, 2.75) is 13.5 Å². The van der Waals surface area contributed by atoms with Gasteiger partial charge in [-0.25, -0.2) is 28.7 Å². The molecule has 0 atom stereocenters. The van der Waals surface area contributed by atoms with Crippen LogP contribution in [0.2, 0.25) is 0 Å². The average molecular weight is 367 g/mol. The van der Waals surface area contributed by atoms with Gasteiger partial charge in [0.25, 0.3) is 0 Å². The molecule has 0 saturated carbocycles. The number of nitrogens with two attached hydrogens (primary N) is 1. The Balaban J connectivity index is 1.79. The normalized spacial score (nSPS) is 11.1. The molecule has 4 N–H and O–H groups in total. The van der Waals surface area contributed by atoms with Crippen molar-refractivity contribution in [3.63, 3.8) is 0 Å². The summed E-state index contributed by atoms with van der Waals surface area (Å²) in [5, 5.41) is 3.66. The van der Waals surface area contributed by atoms with E-state index in [2.05, 4.69) is 30.2 Å². The number of H-pyrrole nitrogens is 1. The average Bonchev–Trinajstić information content (AvgIpc) is 3.05. The van der Waals surface area contributed by atoms with E-state index in [1.807, 2.05) is 0 Å². The Morgan fingerprint density at radius 2 is 1.89 bits per heavy atom. The summed E-state index contributed by atoms with van der Waals surface area (Å²) in [5.74, 6) is -0.161. The molecule has 1 aromatic carbocycles. The summed E-state index contributed by atoms with van der Waals surface area (Å²) in [6, 6.07) is 5.46. The van der Waals surface area contributed by atoms with E-state index in [0.29, 0.717) is 33.9 Å². The maximum atomic E-state index is 13.9. The summed E-state index contributed by atoms with van der Waals surface area (Å²) in [4.78, 5) is 19.9. The molecule has 3 aromatic heterocycles. The van der Waals surface area contributed by atoms with E-state index in [1.54, 1.807) is 25.4 Å². The highest BCUT2D eigenvalue weighted by Gasteiger charge is 2.16. The number of anilines is 2. The number of aromatic amines is 1. The molecule has 0 aliphatic carbocycles. The van der Waals surface area contributed by atoms with Crippen molar-refractivity contribution in [2.75, 3.05) is 11.1 Å². The summed E-state index contributed by atoms with van der Waals surface area (Å²) in [7, 11) is 0. The highest BCUT2D eigenvalue weighted by atomic mass is 19.1. The summed E-state index contributed by atoms with van der Waals surface area (Å²) in [5.41, 5.74) is 7.48.